The Labute approximate surface area is 121 Å². The highest BCUT2D eigenvalue weighted by molar-refractivity contribution is 6.35. The number of halogens is 2. The number of carbonyl (C=O) groups excluding carboxylic acids is 1. The molecule has 0 N–H and O–H groups in total. The average molecular weight is 296 g/mol. The van der Waals surface area contributed by atoms with E-state index in [0.717, 1.165) is 0 Å². The van der Waals surface area contributed by atoms with Gasteiger partial charge in [-0.1, -0.05) is 29.3 Å². The average Bonchev–Trinajstić information content (AvgIpc) is 2.38. The monoisotopic (exact) mass is 295 g/mol. The van der Waals surface area contributed by atoms with E-state index >= 15 is 0 Å². The third kappa shape index (κ3) is 3.69. The molecule has 1 aromatic heterocycles. The quantitative estimate of drug-likeness (QED) is 0.795. The fourth-order valence-corrected chi connectivity index (χ4v) is 1.96. The van der Waals surface area contributed by atoms with Gasteiger partial charge in [0.25, 0.3) is 0 Å². The Hall–Kier alpha value is -1.58. The zero-order valence-electron chi connectivity index (χ0n) is 10.2. The maximum atomic E-state index is 11.2. The zero-order valence-corrected chi connectivity index (χ0v) is 11.7. The second-order valence-corrected chi connectivity index (χ2v) is 4.78. The van der Waals surface area contributed by atoms with Gasteiger partial charge in [-0.25, -0.2) is 4.98 Å². The van der Waals surface area contributed by atoms with Crippen molar-refractivity contribution in [3.05, 3.63) is 57.8 Å². The van der Waals surface area contributed by atoms with Crippen LogP contribution in [-0.2, 0) is 6.61 Å². The molecule has 0 saturated carbocycles. The fourth-order valence-electron chi connectivity index (χ4n) is 1.50. The van der Waals surface area contributed by atoms with Gasteiger partial charge in [-0.05, 0) is 30.3 Å². The number of hydrogen-bond acceptors (Lipinski definition) is 3. The normalized spacial score (nSPS) is 10.3. The highest BCUT2D eigenvalue weighted by Crippen LogP contribution is 2.27. The maximum Gasteiger partial charge on any atom is 0.178 e. The van der Waals surface area contributed by atoms with E-state index in [1.54, 1.807) is 36.4 Å². The van der Waals surface area contributed by atoms with E-state index in [-0.39, 0.29) is 12.4 Å². The molecule has 1 aromatic carbocycles. The molecule has 0 aliphatic rings. The summed E-state index contributed by atoms with van der Waals surface area (Å²) >= 11 is 11.8. The lowest BCUT2D eigenvalue weighted by Crippen LogP contribution is -2.03. The number of aromatic nitrogens is 1. The van der Waals surface area contributed by atoms with Gasteiger partial charge in [0.2, 0.25) is 0 Å². The molecule has 0 spiro atoms. The molecule has 5 heteroatoms. The van der Waals surface area contributed by atoms with Crippen molar-refractivity contribution < 1.29 is 9.53 Å². The molecule has 3 nitrogen and oxygen atoms in total. The highest BCUT2D eigenvalue weighted by atomic mass is 35.5. The Bertz CT molecular complexity index is 614. The predicted octanol–water partition coefficient (Wildman–Crippen LogP) is 4.17. The molecule has 2 aromatic rings. The Balaban J connectivity index is 2.10. The lowest BCUT2D eigenvalue weighted by atomic mass is 10.2. The van der Waals surface area contributed by atoms with Crippen LogP contribution in [0.15, 0.2) is 36.4 Å². The molecule has 0 atom stereocenters. The maximum absolute atomic E-state index is 11.2. The first-order chi connectivity index (χ1) is 9.06. The molecule has 2 rings (SSSR count). The number of pyridine rings is 1. The van der Waals surface area contributed by atoms with Crippen LogP contribution in [0.25, 0.3) is 0 Å². The smallest absolute Gasteiger partial charge is 0.178 e. The Morgan fingerprint density at radius 3 is 2.74 bits per heavy atom. The van der Waals surface area contributed by atoms with E-state index in [9.17, 15) is 4.79 Å². The van der Waals surface area contributed by atoms with Gasteiger partial charge in [0.05, 0.1) is 10.7 Å². The second-order valence-electron chi connectivity index (χ2n) is 3.93. The van der Waals surface area contributed by atoms with Crippen molar-refractivity contribution in [2.75, 3.05) is 0 Å². The number of nitrogens with zero attached hydrogens (tertiary/aromatic N) is 1. The SMILES string of the molecule is CC(=O)c1cccc(COc2ccc(Cl)cc2Cl)n1. The molecule has 0 fully saturated rings. The van der Waals surface area contributed by atoms with E-state index in [1.807, 2.05) is 0 Å². The van der Waals surface area contributed by atoms with E-state index in [4.69, 9.17) is 27.9 Å². The fraction of sp³-hybridized carbons (Fsp3) is 0.143. The first-order valence-electron chi connectivity index (χ1n) is 5.61. The summed E-state index contributed by atoms with van der Waals surface area (Å²) in [5, 5.41) is 0.990. The Morgan fingerprint density at radius 1 is 1.26 bits per heavy atom. The van der Waals surface area contributed by atoms with Gasteiger partial charge in [0, 0.05) is 11.9 Å². The van der Waals surface area contributed by atoms with Crippen LogP contribution in [0, 0.1) is 0 Å². The summed E-state index contributed by atoms with van der Waals surface area (Å²) in [6.07, 6.45) is 0. The van der Waals surface area contributed by atoms with Crippen molar-refractivity contribution in [2.24, 2.45) is 0 Å². The molecule has 0 bridgehead atoms. The van der Waals surface area contributed by atoms with Gasteiger partial charge >= 0.3 is 0 Å². The summed E-state index contributed by atoms with van der Waals surface area (Å²) in [5.41, 5.74) is 1.09. The number of rotatable bonds is 4. The van der Waals surface area contributed by atoms with Gasteiger partial charge in [-0.3, -0.25) is 4.79 Å². The summed E-state index contributed by atoms with van der Waals surface area (Å²) in [4.78, 5) is 15.4. The van der Waals surface area contributed by atoms with Crippen LogP contribution in [0.3, 0.4) is 0 Å². The molecule has 0 saturated heterocycles. The van der Waals surface area contributed by atoms with E-state index in [0.29, 0.717) is 27.2 Å². The third-order valence-electron chi connectivity index (χ3n) is 2.44. The number of carbonyl (C=O) groups is 1. The standard InChI is InChI=1S/C14H11Cl2NO2/c1-9(18)13-4-2-3-11(17-13)8-19-14-6-5-10(15)7-12(14)16/h2-7H,8H2,1H3. The topological polar surface area (TPSA) is 39.2 Å². The third-order valence-corrected chi connectivity index (χ3v) is 2.97. The van der Waals surface area contributed by atoms with Gasteiger partial charge in [-0.15, -0.1) is 0 Å². The molecule has 98 valence electrons. The number of hydrogen-bond donors (Lipinski definition) is 0. The van der Waals surface area contributed by atoms with Gasteiger partial charge in [0.1, 0.15) is 18.1 Å². The Kier molecular flexibility index (Phi) is 4.40. The first kappa shape index (κ1) is 13.8. The van der Waals surface area contributed by atoms with Gasteiger partial charge in [-0.2, -0.15) is 0 Å². The van der Waals surface area contributed by atoms with Crippen LogP contribution in [0.1, 0.15) is 23.1 Å². The second kappa shape index (κ2) is 6.04. The molecule has 19 heavy (non-hydrogen) atoms. The number of ketones is 1. The lowest BCUT2D eigenvalue weighted by molar-refractivity contribution is 0.101. The van der Waals surface area contributed by atoms with Gasteiger partial charge < -0.3 is 4.74 Å². The van der Waals surface area contributed by atoms with Crippen LogP contribution in [-0.4, -0.2) is 10.8 Å². The number of benzene rings is 1. The molecule has 1 heterocycles. The first-order valence-corrected chi connectivity index (χ1v) is 6.36. The van der Waals surface area contributed by atoms with Crippen molar-refractivity contribution in [3.63, 3.8) is 0 Å². The van der Waals surface area contributed by atoms with Crippen molar-refractivity contribution in [1.29, 1.82) is 0 Å². The highest BCUT2D eigenvalue weighted by Gasteiger charge is 2.05. The summed E-state index contributed by atoms with van der Waals surface area (Å²) in [5.74, 6) is 0.451. The minimum atomic E-state index is -0.0774. The van der Waals surface area contributed by atoms with Crippen molar-refractivity contribution in [2.45, 2.75) is 13.5 Å². The zero-order chi connectivity index (χ0) is 13.8. The van der Waals surface area contributed by atoms with Crippen LogP contribution >= 0.6 is 23.2 Å². The summed E-state index contributed by atoms with van der Waals surface area (Å²) < 4.78 is 5.55. The molecule has 0 aliphatic heterocycles. The molecule has 0 amide bonds. The van der Waals surface area contributed by atoms with Crippen molar-refractivity contribution >= 4 is 29.0 Å². The van der Waals surface area contributed by atoms with E-state index in [2.05, 4.69) is 4.98 Å². The molecular weight excluding hydrogens is 285 g/mol. The number of ether oxygens (including phenoxy) is 1. The van der Waals surface area contributed by atoms with Crippen LogP contribution in [0.4, 0.5) is 0 Å². The van der Waals surface area contributed by atoms with Crippen LogP contribution in [0.5, 0.6) is 5.75 Å². The van der Waals surface area contributed by atoms with Crippen LogP contribution in [0.2, 0.25) is 10.0 Å². The number of Topliss-reactive ketones (excluding diaryl/α,β-unsaturated/α-hetero) is 1. The molecule has 0 unspecified atom stereocenters. The summed E-state index contributed by atoms with van der Waals surface area (Å²) in [6.45, 7) is 1.71. The predicted molar refractivity (Wildman–Crippen MR) is 75.0 cm³/mol. The van der Waals surface area contributed by atoms with Crippen molar-refractivity contribution in [3.8, 4) is 5.75 Å². The van der Waals surface area contributed by atoms with Gasteiger partial charge in [0.15, 0.2) is 5.78 Å². The van der Waals surface area contributed by atoms with E-state index in [1.165, 1.54) is 6.92 Å². The van der Waals surface area contributed by atoms with Crippen LogP contribution < -0.4 is 4.74 Å². The van der Waals surface area contributed by atoms with Crippen molar-refractivity contribution in [1.82, 2.24) is 4.98 Å². The van der Waals surface area contributed by atoms with E-state index < -0.39 is 0 Å². The lowest BCUT2D eigenvalue weighted by Gasteiger charge is -2.08. The molecular formula is C14H11Cl2NO2. The molecule has 0 radical (unpaired) electrons. The largest absolute Gasteiger partial charge is 0.486 e. The summed E-state index contributed by atoms with van der Waals surface area (Å²) in [7, 11) is 0. The Morgan fingerprint density at radius 2 is 2.05 bits per heavy atom. The minimum absolute atomic E-state index is 0.0774. The minimum Gasteiger partial charge on any atom is -0.486 e. The summed E-state index contributed by atoms with van der Waals surface area (Å²) in [6, 6.07) is 10.2. The molecule has 0 aliphatic carbocycles.